The standard InChI is InChI=1S/C15H23N3O2.2C2H6/c1-6-11-7-10(2)12(9-16-11)13-8-14(15(19)20-5)18(4)17(13)3;2*1-2/h7-8,14,16H,6,9H2,1-5H3;2*1-2H3. The number of ether oxygens (including phenoxy) is 1. The topological polar surface area (TPSA) is 44.8 Å². The number of hydrazine groups is 1. The Hall–Kier alpha value is -1.75. The van der Waals surface area contributed by atoms with Crippen LogP contribution in [0.3, 0.4) is 0 Å². The average Bonchev–Trinajstić information content (AvgIpc) is 2.93. The summed E-state index contributed by atoms with van der Waals surface area (Å²) < 4.78 is 4.85. The maximum Gasteiger partial charge on any atom is 0.329 e. The van der Waals surface area contributed by atoms with Crippen LogP contribution in [0.25, 0.3) is 0 Å². The highest BCUT2D eigenvalue weighted by atomic mass is 16.5. The molecule has 0 aromatic heterocycles. The molecule has 0 amide bonds. The van der Waals surface area contributed by atoms with Crippen molar-refractivity contribution in [2.75, 3.05) is 27.7 Å². The van der Waals surface area contributed by atoms with Crippen LogP contribution in [0.5, 0.6) is 0 Å². The van der Waals surface area contributed by atoms with Crippen LogP contribution < -0.4 is 5.32 Å². The summed E-state index contributed by atoms with van der Waals surface area (Å²) in [5, 5.41) is 7.32. The molecule has 5 heteroatoms. The maximum atomic E-state index is 11.8. The van der Waals surface area contributed by atoms with Gasteiger partial charge in [0.25, 0.3) is 0 Å². The quantitative estimate of drug-likeness (QED) is 0.799. The number of likely N-dealkylation sites (N-methyl/N-ethyl adjacent to an activating group) is 2. The van der Waals surface area contributed by atoms with E-state index in [-0.39, 0.29) is 12.0 Å². The minimum atomic E-state index is -0.350. The minimum Gasteiger partial charge on any atom is -0.468 e. The second kappa shape index (κ2) is 10.9. The zero-order valence-corrected chi connectivity index (χ0v) is 16.9. The highest BCUT2D eigenvalue weighted by molar-refractivity contribution is 5.79. The fourth-order valence-electron chi connectivity index (χ4n) is 2.62. The predicted octanol–water partition coefficient (Wildman–Crippen LogP) is 3.47. The molecule has 0 aromatic rings. The number of hydrogen-bond acceptors (Lipinski definition) is 5. The first-order valence-corrected chi connectivity index (χ1v) is 8.90. The number of methoxy groups -OCH3 is 1. The first-order chi connectivity index (χ1) is 11.5. The molecule has 0 saturated heterocycles. The zero-order valence-electron chi connectivity index (χ0n) is 16.9. The molecule has 1 atom stereocenters. The van der Waals surface area contributed by atoms with Gasteiger partial charge in [0, 0.05) is 26.3 Å². The van der Waals surface area contributed by atoms with Gasteiger partial charge in [0.1, 0.15) is 6.04 Å². The van der Waals surface area contributed by atoms with Gasteiger partial charge < -0.3 is 15.1 Å². The highest BCUT2D eigenvalue weighted by Gasteiger charge is 2.34. The number of allylic oxidation sites excluding steroid dienone is 3. The Morgan fingerprint density at radius 3 is 2.33 bits per heavy atom. The fourth-order valence-corrected chi connectivity index (χ4v) is 2.62. The van der Waals surface area contributed by atoms with Crippen LogP contribution in [-0.2, 0) is 9.53 Å². The lowest BCUT2D eigenvalue weighted by molar-refractivity contribution is -0.147. The molecule has 0 aliphatic carbocycles. The average molecular weight is 338 g/mol. The molecule has 5 nitrogen and oxygen atoms in total. The van der Waals surface area contributed by atoms with Gasteiger partial charge >= 0.3 is 5.97 Å². The van der Waals surface area contributed by atoms with Gasteiger partial charge in [-0.15, -0.1) is 0 Å². The molecule has 24 heavy (non-hydrogen) atoms. The van der Waals surface area contributed by atoms with Gasteiger partial charge in [0.2, 0.25) is 0 Å². The predicted molar refractivity (Wildman–Crippen MR) is 101 cm³/mol. The molecule has 0 bridgehead atoms. The van der Waals surface area contributed by atoms with Crippen molar-refractivity contribution < 1.29 is 9.53 Å². The summed E-state index contributed by atoms with van der Waals surface area (Å²) in [5.41, 5.74) is 4.80. The van der Waals surface area contributed by atoms with E-state index >= 15 is 0 Å². The Morgan fingerprint density at radius 2 is 1.88 bits per heavy atom. The normalized spacial score (nSPS) is 20.0. The number of carbonyl (C=O) groups is 1. The Kier molecular flexibility index (Phi) is 10.1. The molecule has 2 rings (SSSR count). The van der Waals surface area contributed by atoms with Crippen molar-refractivity contribution in [3.8, 4) is 0 Å². The third kappa shape index (κ3) is 4.87. The van der Waals surface area contributed by atoms with Crippen molar-refractivity contribution in [1.82, 2.24) is 15.3 Å². The minimum absolute atomic E-state index is 0.235. The van der Waals surface area contributed by atoms with Crippen molar-refractivity contribution in [3.05, 3.63) is 34.7 Å². The van der Waals surface area contributed by atoms with Crippen LogP contribution in [-0.4, -0.2) is 49.8 Å². The van der Waals surface area contributed by atoms with Crippen LogP contribution >= 0.6 is 0 Å². The van der Waals surface area contributed by atoms with Crippen LogP contribution in [0.15, 0.2) is 34.7 Å². The summed E-state index contributed by atoms with van der Waals surface area (Å²) in [4.78, 5) is 11.8. The van der Waals surface area contributed by atoms with Gasteiger partial charge in [-0.05, 0) is 36.6 Å². The van der Waals surface area contributed by atoms with Crippen molar-refractivity contribution in [3.63, 3.8) is 0 Å². The van der Waals surface area contributed by atoms with E-state index in [1.54, 1.807) is 0 Å². The first-order valence-electron chi connectivity index (χ1n) is 8.90. The van der Waals surface area contributed by atoms with Crippen molar-refractivity contribution in [2.24, 2.45) is 0 Å². The van der Waals surface area contributed by atoms with Crippen molar-refractivity contribution in [1.29, 1.82) is 0 Å². The molecule has 2 aliphatic rings. The first kappa shape index (κ1) is 22.2. The molecule has 0 saturated carbocycles. The van der Waals surface area contributed by atoms with Gasteiger partial charge in [0.05, 0.1) is 12.8 Å². The number of nitrogens with zero attached hydrogens (tertiary/aromatic N) is 2. The van der Waals surface area contributed by atoms with Gasteiger partial charge in [-0.1, -0.05) is 34.6 Å². The van der Waals surface area contributed by atoms with Gasteiger partial charge in [0.15, 0.2) is 0 Å². The summed E-state index contributed by atoms with van der Waals surface area (Å²) in [7, 11) is 5.28. The van der Waals surface area contributed by atoms with Gasteiger partial charge in [-0.25, -0.2) is 9.80 Å². The van der Waals surface area contributed by atoms with Gasteiger partial charge in [-0.3, -0.25) is 0 Å². The molecular weight excluding hydrogens is 302 g/mol. The summed E-state index contributed by atoms with van der Waals surface area (Å²) in [5.74, 6) is -0.235. The largest absolute Gasteiger partial charge is 0.468 e. The molecule has 138 valence electrons. The number of carbonyl (C=O) groups excluding carboxylic acids is 1. The Morgan fingerprint density at radius 1 is 1.29 bits per heavy atom. The molecule has 2 aliphatic heterocycles. The van der Waals surface area contributed by atoms with Crippen LogP contribution in [0, 0.1) is 0 Å². The summed E-state index contributed by atoms with van der Waals surface area (Å²) >= 11 is 0. The van der Waals surface area contributed by atoms with Crippen molar-refractivity contribution in [2.45, 2.75) is 54.0 Å². The fraction of sp³-hybridized carbons (Fsp3) is 0.632. The number of esters is 1. The van der Waals surface area contributed by atoms with E-state index in [0.29, 0.717) is 0 Å². The van der Waals surface area contributed by atoms with E-state index in [1.165, 1.54) is 24.0 Å². The van der Waals surface area contributed by atoms with E-state index in [9.17, 15) is 4.79 Å². The number of nitrogens with one attached hydrogen (secondary N) is 1. The Labute approximate surface area is 148 Å². The maximum absolute atomic E-state index is 11.8. The lowest BCUT2D eigenvalue weighted by atomic mass is 10.00. The Balaban J connectivity index is 0.00000123. The zero-order chi connectivity index (χ0) is 18.9. The summed E-state index contributed by atoms with van der Waals surface area (Å²) in [6.07, 6.45) is 5.15. The third-order valence-corrected chi connectivity index (χ3v) is 4.03. The van der Waals surface area contributed by atoms with E-state index in [2.05, 4.69) is 25.2 Å². The molecule has 0 fully saturated rings. The second-order valence-corrected chi connectivity index (χ2v) is 5.16. The highest BCUT2D eigenvalue weighted by Crippen LogP contribution is 2.29. The molecular formula is C19H35N3O2. The smallest absolute Gasteiger partial charge is 0.329 e. The Bertz CT molecular complexity index is 507. The summed E-state index contributed by atoms with van der Waals surface area (Å²) in [6.45, 7) is 13.1. The van der Waals surface area contributed by atoms with E-state index in [4.69, 9.17) is 4.74 Å². The lowest BCUT2D eigenvalue weighted by Crippen LogP contribution is -2.41. The molecule has 0 radical (unpaired) electrons. The third-order valence-electron chi connectivity index (χ3n) is 4.03. The van der Waals surface area contributed by atoms with E-state index in [0.717, 1.165) is 18.7 Å². The van der Waals surface area contributed by atoms with Crippen molar-refractivity contribution >= 4 is 5.97 Å². The number of rotatable bonds is 3. The SMILES string of the molecule is CC.CC.CCC1=CC(C)=C(C2=CC(C(=O)OC)N(C)N2C)CN1. The molecule has 1 N–H and O–H groups in total. The molecule has 1 unspecified atom stereocenters. The van der Waals surface area contributed by atoms with E-state index in [1.807, 2.05) is 57.9 Å². The molecule has 0 spiro atoms. The molecule has 0 aromatic carbocycles. The van der Waals surface area contributed by atoms with Gasteiger partial charge in [-0.2, -0.15) is 0 Å². The second-order valence-electron chi connectivity index (χ2n) is 5.16. The monoisotopic (exact) mass is 337 g/mol. The van der Waals surface area contributed by atoms with E-state index < -0.39 is 0 Å². The number of dihydropyridines is 1. The van der Waals surface area contributed by atoms with Crippen LogP contribution in [0.1, 0.15) is 48.0 Å². The summed E-state index contributed by atoms with van der Waals surface area (Å²) in [6, 6.07) is -0.350. The van der Waals surface area contributed by atoms with Crippen LogP contribution in [0.2, 0.25) is 0 Å². The number of hydrogen-bond donors (Lipinski definition) is 1. The van der Waals surface area contributed by atoms with Crippen LogP contribution in [0.4, 0.5) is 0 Å². The lowest BCUT2D eigenvalue weighted by Gasteiger charge is -2.30. The molecule has 2 heterocycles.